The predicted molar refractivity (Wildman–Crippen MR) is 215 cm³/mol. The number of carbonyl (C=O) groups is 1. The molecule has 2 aromatic heterocycles. The van der Waals surface area contributed by atoms with Crippen LogP contribution in [0.4, 0.5) is 5.82 Å². The molecule has 2 saturated heterocycles. The molecule has 16 heteroatoms. The first-order chi connectivity index (χ1) is 26.9. The van der Waals surface area contributed by atoms with E-state index >= 15 is 0 Å². The number of ether oxygens (including phenoxy) is 5. The van der Waals surface area contributed by atoms with E-state index in [4.69, 9.17) is 46.8 Å². The zero-order valence-corrected chi connectivity index (χ0v) is 34.3. The van der Waals surface area contributed by atoms with Gasteiger partial charge in [-0.15, -0.1) is 6.42 Å². The lowest BCUT2D eigenvalue weighted by atomic mass is 9.73. The van der Waals surface area contributed by atoms with Crippen LogP contribution in [0.5, 0.6) is 0 Å². The van der Waals surface area contributed by atoms with Gasteiger partial charge >= 0.3 is 8.46 Å². The van der Waals surface area contributed by atoms with E-state index in [0.29, 0.717) is 95.5 Å². The van der Waals surface area contributed by atoms with Gasteiger partial charge in [0.2, 0.25) is 11.6 Å². The van der Waals surface area contributed by atoms with E-state index in [1.165, 1.54) is 25.1 Å². The molecular formula is C39H60ClN7O7P+. The van der Waals surface area contributed by atoms with E-state index in [2.05, 4.69) is 37.7 Å². The number of hydrogen-bond donors (Lipinski definition) is 0. The number of piperidine rings is 1. The molecule has 304 valence electrons. The van der Waals surface area contributed by atoms with Crippen LogP contribution in [0.3, 0.4) is 0 Å². The fraction of sp³-hybridized carbons (Fsp3) is 0.769. The van der Waals surface area contributed by atoms with Gasteiger partial charge in [-0.2, -0.15) is 15.1 Å². The fourth-order valence-electron chi connectivity index (χ4n) is 8.29. The monoisotopic (exact) mass is 804 g/mol. The Kier molecular flexibility index (Phi) is 18.7. The Labute approximate surface area is 332 Å². The van der Waals surface area contributed by atoms with Crippen molar-refractivity contribution in [3.63, 3.8) is 0 Å². The molecular weight excluding hydrogens is 745 g/mol. The summed E-state index contributed by atoms with van der Waals surface area (Å²) < 4.78 is 39.5. The quantitative estimate of drug-likeness (QED) is 0.0504. The number of carbonyl (C=O) groups excluding carboxylic acids is 1. The van der Waals surface area contributed by atoms with Crippen LogP contribution < -0.4 is 4.90 Å². The number of aldehydes is 1. The molecule has 0 amide bonds. The van der Waals surface area contributed by atoms with E-state index in [1.807, 2.05) is 10.9 Å². The maximum atomic E-state index is 10.6. The number of hydrogen-bond acceptors (Lipinski definition) is 13. The molecule has 4 unspecified atom stereocenters. The smallest absolute Gasteiger partial charge is 0.353 e. The number of nitrogens with zero attached hydrogens (tertiary/aromatic N) is 7. The van der Waals surface area contributed by atoms with Crippen LogP contribution in [0, 0.1) is 29.6 Å². The molecule has 4 atom stereocenters. The second-order valence-corrected chi connectivity index (χ2v) is 16.2. The first kappa shape index (κ1) is 43.5. The van der Waals surface area contributed by atoms with Crippen LogP contribution in [-0.4, -0.2) is 142 Å². The van der Waals surface area contributed by atoms with Gasteiger partial charge in [0.1, 0.15) is 18.7 Å². The highest BCUT2D eigenvalue weighted by molar-refractivity contribution is 7.23. The summed E-state index contributed by atoms with van der Waals surface area (Å²) >= 11 is 6.35. The number of anilines is 1. The lowest BCUT2D eigenvalue weighted by Gasteiger charge is -2.54. The average molecular weight is 805 g/mol. The van der Waals surface area contributed by atoms with Crippen molar-refractivity contribution < 1.29 is 33.0 Å². The molecule has 6 rings (SSSR count). The number of fused-ring (bicyclic) bond motifs is 1. The third-order valence-corrected chi connectivity index (χ3v) is 11.4. The van der Waals surface area contributed by atoms with Crippen molar-refractivity contribution in [3.05, 3.63) is 11.5 Å². The van der Waals surface area contributed by atoms with Crippen LogP contribution in [0.15, 0.2) is 11.2 Å². The van der Waals surface area contributed by atoms with Crippen molar-refractivity contribution in [1.29, 1.82) is 0 Å². The van der Waals surface area contributed by atoms with Gasteiger partial charge in [-0.25, -0.2) is 4.68 Å². The van der Waals surface area contributed by atoms with Crippen molar-refractivity contribution in [3.8, 4) is 12.3 Å². The number of aromatic nitrogens is 4. The molecule has 2 aliphatic carbocycles. The van der Waals surface area contributed by atoms with Crippen molar-refractivity contribution in [2.45, 2.75) is 70.3 Å². The molecule has 14 nitrogen and oxygen atoms in total. The molecule has 2 aromatic rings. The van der Waals surface area contributed by atoms with Gasteiger partial charge in [0.25, 0.3) is 0 Å². The summed E-state index contributed by atoms with van der Waals surface area (Å²) in [6.45, 7) is 10.2. The molecule has 4 fully saturated rings. The molecule has 0 N–H and O–H groups in total. The Bertz CT molecular complexity index is 1550. The normalized spacial score (nSPS) is 23.0. The molecule has 0 aromatic carbocycles. The molecule has 4 heterocycles. The summed E-state index contributed by atoms with van der Waals surface area (Å²) in [7, 11) is 1.82. The van der Waals surface area contributed by atoms with Crippen LogP contribution >= 0.6 is 20.1 Å². The Balaban J connectivity index is 0.000000216. The summed E-state index contributed by atoms with van der Waals surface area (Å²) in [6.07, 6.45) is 18.7. The van der Waals surface area contributed by atoms with Gasteiger partial charge in [-0.05, 0) is 94.8 Å². The van der Waals surface area contributed by atoms with Crippen LogP contribution in [0.25, 0.3) is 11.0 Å². The topological polar surface area (TPSA) is 143 Å². The lowest BCUT2D eigenvalue weighted by Crippen LogP contribution is -2.62. The fourth-order valence-corrected chi connectivity index (χ4v) is 8.65. The van der Waals surface area contributed by atoms with Gasteiger partial charge in [-0.3, -0.25) is 4.99 Å². The molecule has 1 spiro atoms. The van der Waals surface area contributed by atoms with E-state index in [9.17, 15) is 9.36 Å². The predicted octanol–water partition coefficient (Wildman–Crippen LogP) is 5.26. The van der Waals surface area contributed by atoms with Gasteiger partial charge in [0, 0.05) is 50.3 Å². The van der Waals surface area contributed by atoms with Gasteiger partial charge in [0.05, 0.1) is 63.9 Å². The standard InChI is InChI=1S/C20H28ClN6O2P.C19H31NO5/c1-25-6-2-5-20(10-25)11-26(12-20)17-16-8-22-27(18(16)24-19(21)23-17)15-4-3-14(7-15)9-29-13-30-28;1-2-9-22-11-13-24-15-16-25-14-12-23-10-3-7-20-19-5-4-18(17-19)6-8-21/h8,14-15H,2-7,9-13H2,1H3;1,8,18H,3-7,9-17H2/p+1. The van der Waals surface area contributed by atoms with Gasteiger partial charge in [-0.1, -0.05) is 10.5 Å². The first-order valence-electron chi connectivity index (χ1n) is 19.9. The summed E-state index contributed by atoms with van der Waals surface area (Å²) in [5.41, 5.74) is 2.48. The Morgan fingerprint density at radius 2 is 1.78 bits per heavy atom. The SMILES string of the molecule is C#CCOCCOCCOCCOCCCN=C1CCC(CC=O)C1.CN1CCCC2(C1)CN(c1nc(Cl)nc3c1cnn3C1CCC(COC[PH+]=O)C1)C2. The highest BCUT2D eigenvalue weighted by Crippen LogP contribution is 2.43. The Morgan fingerprint density at radius 1 is 1.02 bits per heavy atom. The molecule has 4 aliphatic rings. The number of likely N-dealkylation sites (tertiary alicyclic amines) is 1. The maximum Gasteiger partial charge on any atom is 0.353 e. The zero-order valence-electron chi connectivity index (χ0n) is 32.5. The molecule has 55 heavy (non-hydrogen) atoms. The third kappa shape index (κ3) is 13.8. The van der Waals surface area contributed by atoms with Gasteiger partial charge < -0.3 is 38.3 Å². The van der Waals surface area contributed by atoms with E-state index < -0.39 is 8.46 Å². The maximum absolute atomic E-state index is 10.6. The third-order valence-electron chi connectivity index (χ3n) is 10.9. The first-order valence-corrected chi connectivity index (χ1v) is 21.4. The summed E-state index contributed by atoms with van der Waals surface area (Å²) in [6, 6.07) is 0.291. The van der Waals surface area contributed by atoms with Crippen molar-refractivity contribution in [2.24, 2.45) is 22.2 Å². The van der Waals surface area contributed by atoms with Crippen molar-refractivity contribution in [1.82, 2.24) is 24.6 Å². The Morgan fingerprint density at radius 3 is 2.51 bits per heavy atom. The van der Waals surface area contributed by atoms with Crippen LogP contribution in [0.1, 0.15) is 70.3 Å². The van der Waals surface area contributed by atoms with E-state index in [1.54, 1.807) is 0 Å². The largest absolute Gasteiger partial charge is 0.379 e. The minimum atomic E-state index is -0.392. The summed E-state index contributed by atoms with van der Waals surface area (Å²) in [5.74, 6) is 4.31. The van der Waals surface area contributed by atoms with Crippen molar-refractivity contribution >= 4 is 48.9 Å². The van der Waals surface area contributed by atoms with E-state index in [0.717, 1.165) is 94.3 Å². The van der Waals surface area contributed by atoms with Crippen LogP contribution in [-0.2, 0) is 33.0 Å². The number of terminal acetylenes is 1. The number of rotatable bonds is 22. The van der Waals surface area contributed by atoms with Crippen LogP contribution in [0.2, 0.25) is 5.28 Å². The van der Waals surface area contributed by atoms with E-state index in [-0.39, 0.29) is 5.28 Å². The second-order valence-electron chi connectivity index (χ2n) is 15.2. The molecule has 2 aliphatic heterocycles. The second kappa shape index (κ2) is 23.6. The summed E-state index contributed by atoms with van der Waals surface area (Å²) in [5, 5.41) is 5.98. The number of aliphatic imine (C=N–C) groups is 1. The molecule has 2 saturated carbocycles. The average Bonchev–Trinajstić information content (AvgIpc) is 3.93. The highest BCUT2D eigenvalue weighted by Gasteiger charge is 2.46. The highest BCUT2D eigenvalue weighted by atomic mass is 35.5. The zero-order chi connectivity index (χ0) is 38.7. The Hall–Kier alpha value is -2.60. The van der Waals surface area contributed by atoms with Crippen molar-refractivity contribution in [2.75, 3.05) is 110 Å². The molecule has 0 bridgehead atoms. The number of halogens is 1. The minimum Gasteiger partial charge on any atom is -0.379 e. The summed E-state index contributed by atoms with van der Waals surface area (Å²) in [4.78, 5) is 29.0. The minimum absolute atomic E-state index is 0.287. The molecule has 0 radical (unpaired) electrons. The van der Waals surface area contributed by atoms with Gasteiger partial charge in [0.15, 0.2) is 5.65 Å². The lowest BCUT2D eigenvalue weighted by molar-refractivity contribution is -0.108.